The fourth-order valence-electron chi connectivity index (χ4n) is 2.58. The fourth-order valence-corrected chi connectivity index (χ4v) is 4.36. The number of carbonyl (C=O) groups is 1. The van der Waals surface area contributed by atoms with Gasteiger partial charge in [0.25, 0.3) is 0 Å². The molecule has 0 saturated heterocycles. The first-order chi connectivity index (χ1) is 12.9. The number of rotatable bonds is 6. The average molecular weight is 401 g/mol. The van der Waals surface area contributed by atoms with Gasteiger partial charge in [-0.05, 0) is 41.1 Å². The molecule has 0 saturated carbocycles. The summed E-state index contributed by atoms with van der Waals surface area (Å²) in [4.78, 5) is 13.5. The maximum atomic E-state index is 12.3. The highest BCUT2D eigenvalue weighted by Gasteiger charge is 2.16. The zero-order chi connectivity index (χ0) is 19.4. The molecule has 0 radical (unpaired) electrons. The highest BCUT2D eigenvalue weighted by atomic mass is 32.2. The van der Waals surface area contributed by atoms with Gasteiger partial charge in [0.2, 0.25) is 15.9 Å². The van der Waals surface area contributed by atoms with Crippen LogP contribution in [0.4, 0.5) is 5.69 Å². The Kier molecular flexibility index (Phi) is 5.84. The standard InChI is InChI=1S/C20H20N2O3S2/c1-22(2)27(24,25)17-12-10-16(11-13-17)21-20(23)14-26-19-9-5-7-15-6-3-4-8-18(15)19/h3-13H,14H2,1-2H3,(H,21,23). The Labute approximate surface area is 163 Å². The highest BCUT2D eigenvalue weighted by molar-refractivity contribution is 8.00. The van der Waals surface area contributed by atoms with Gasteiger partial charge in [-0.3, -0.25) is 4.79 Å². The molecule has 27 heavy (non-hydrogen) atoms. The van der Waals surface area contributed by atoms with Crippen molar-refractivity contribution in [2.75, 3.05) is 25.2 Å². The van der Waals surface area contributed by atoms with Gasteiger partial charge in [0.15, 0.2) is 0 Å². The quantitative estimate of drug-likeness (QED) is 0.639. The van der Waals surface area contributed by atoms with Gasteiger partial charge in [0.05, 0.1) is 10.6 Å². The van der Waals surface area contributed by atoms with Crippen molar-refractivity contribution < 1.29 is 13.2 Å². The van der Waals surface area contributed by atoms with Crippen LogP contribution in [0.25, 0.3) is 10.8 Å². The number of anilines is 1. The molecule has 0 fully saturated rings. The maximum absolute atomic E-state index is 12.3. The summed E-state index contributed by atoms with van der Waals surface area (Å²) in [6, 6.07) is 20.2. The molecule has 0 bridgehead atoms. The largest absolute Gasteiger partial charge is 0.325 e. The lowest BCUT2D eigenvalue weighted by Crippen LogP contribution is -2.22. The number of nitrogens with zero attached hydrogens (tertiary/aromatic N) is 1. The van der Waals surface area contributed by atoms with E-state index in [4.69, 9.17) is 0 Å². The Bertz CT molecular complexity index is 1060. The summed E-state index contributed by atoms with van der Waals surface area (Å²) in [6.45, 7) is 0. The summed E-state index contributed by atoms with van der Waals surface area (Å²) < 4.78 is 25.3. The molecule has 0 aromatic heterocycles. The third kappa shape index (κ3) is 4.50. The number of thioether (sulfide) groups is 1. The number of sulfonamides is 1. The molecule has 0 unspecified atom stereocenters. The second-order valence-electron chi connectivity index (χ2n) is 6.13. The van der Waals surface area contributed by atoms with Gasteiger partial charge in [-0.25, -0.2) is 12.7 Å². The highest BCUT2D eigenvalue weighted by Crippen LogP contribution is 2.27. The van der Waals surface area contributed by atoms with E-state index in [1.165, 1.54) is 38.0 Å². The predicted molar refractivity (Wildman–Crippen MR) is 111 cm³/mol. The molecule has 140 valence electrons. The van der Waals surface area contributed by atoms with Crippen LogP contribution in [0.3, 0.4) is 0 Å². The first-order valence-corrected chi connectivity index (χ1v) is 10.7. The van der Waals surface area contributed by atoms with Crippen molar-refractivity contribution in [1.82, 2.24) is 4.31 Å². The molecule has 7 heteroatoms. The Balaban J connectivity index is 1.64. The predicted octanol–water partition coefficient (Wildman–Crippen LogP) is 3.82. The first-order valence-electron chi connectivity index (χ1n) is 8.31. The van der Waals surface area contributed by atoms with E-state index in [1.807, 2.05) is 42.5 Å². The van der Waals surface area contributed by atoms with Gasteiger partial charge >= 0.3 is 0 Å². The van der Waals surface area contributed by atoms with Crippen molar-refractivity contribution in [2.45, 2.75) is 9.79 Å². The van der Waals surface area contributed by atoms with Gasteiger partial charge in [0, 0.05) is 24.7 Å². The van der Waals surface area contributed by atoms with Gasteiger partial charge < -0.3 is 5.32 Å². The number of carbonyl (C=O) groups excluding carboxylic acids is 1. The van der Waals surface area contributed by atoms with Crippen LogP contribution < -0.4 is 5.32 Å². The van der Waals surface area contributed by atoms with E-state index < -0.39 is 10.0 Å². The molecule has 1 amide bonds. The lowest BCUT2D eigenvalue weighted by atomic mass is 10.1. The van der Waals surface area contributed by atoms with Crippen LogP contribution in [-0.4, -0.2) is 38.5 Å². The van der Waals surface area contributed by atoms with E-state index in [2.05, 4.69) is 5.32 Å². The van der Waals surface area contributed by atoms with Crippen molar-refractivity contribution in [3.63, 3.8) is 0 Å². The van der Waals surface area contributed by atoms with E-state index in [1.54, 1.807) is 12.1 Å². The van der Waals surface area contributed by atoms with Crippen LogP contribution in [0, 0.1) is 0 Å². The Hall–Kier alpha value is -2.35. The van der Waals surface area contributed by atoms with Crippen LogP contribution in [0.15, 0.2) is 76.5 Å². The molecular weight excluding hydrogens is 380 g/mol. The number of benzene rings is 3. The molecule has 5 nitrogen and oxygen atoms in total. The summed E-state index contributed by atoms with van der Waals surface area (Å²) in [5, 5.41) is 5.06. The molecule has 1 N–H and O–H groups in total. The Morgan fingerprint density at radius 2 is 1.63 bits per heavy atom. The summed E-state index contributed by atoms with van der Waals surface area (Å²) in [5.74, 6) is 0.127. The van der Waals surface area contributed by atoms with E-state index in [0.717, 1.165) is 20.0 Å². The molecule has 3 aromatic carbocycles. The molecular formula is C20H20N2O3S2. The molecule has 0 aliphatic carbocycles. The number of fused-ring (bicyclic) bond motifs is 1. The SMILES string of the molecule is CN(C)S(=O)(=O)c1ccc(NC(=O)CSc2cccc3ccccc23)cc1. The van der Waals surface area contributed by atoms with Gasteiger partial charge in [-0.15, -0.1) is 11.8 Å². The molecule has 0 aliphatic rings. The summed E-state index contributed by atoms with van der Waals surface area (Å²) in [7, 11) is -0.509. The lowest BCUT2D eigenvalue weighted by Gasteiger charge is -2.12. The Morgan fingerprint density at radius 3 is 2.33 bits per heavy atom. The first kappa shape index (κ1) is 19.4. The molecule has 0 heterocycles. The van der Waals surface area contributed by atoms with E-state index in [-0.39, 0.29) is 16.6 Å². The van der Waals surface area contributed by atoms with Crippen LogP contribution in [0.5, 0.6) is 0 Å². The maximum Gasteiger partial charge on any atom is 0.242 e. The zero-order valence-electron chi connectivity index (χ0n) is 15.0. The summed E-state index contributed by atoms with van der Waals surface area (Å²) >= 11 is 1.47. The second-order valence-corrected chi connectivity index (χ2v) is 9.29. The second kappa shape index (κ2) is 8.12. The van der Waals surface area contributed by atoms with Crippen LogP contribution in [-0.2, 0) is 14.8 Å². The smallest absolute Gasteiger partial charge is 0.242 e. The molecule has 3 rings (SSSR count). The summed E-state index contributed by atoms with van der Waals surface area (Å²) in [6.07, 6.45) is 0. The minimum absolute atomic E-state index is 0.142. The van der Waals surface area contributed by atoms with Crippen LogP contribution in [0.2, 0.25) is 0 Å². The Morgan fingerprint density at radius 1 is 0.963 bits per heavy atom. The minimum Gasteiger partial charge on any atom is -0.325 e. The topological polar surface area (TPSA) is 66.5 Å². The summed E-state index contributed by atoms with van der Waals surface area (Å²) in [5.41, 5.74) is 0.566. The number of hydrogen-bond acceptors (Lipinski definition) is 4. The van der Waals surface area contributed by atoms with E-state index >= 15 is 0 Å². The fraction of sp³-hybridized carbons (Fsp3) is 0.150. The van der Waals surface area contributed by atoms with Crippen molar-refractivity contribution in [2.24, 2.45) is 0 Å². The van der Waals surface area contributed by atoms with Crippen molar-refractivity contribution in [3.8, 4) is 0 Å². The number of hydrogen-bond donors (Lipinski definition) is 1. The number of amides is 1. The van der Waals surface area contributed by atoms with Gasteiger partial charge in [-0.1, -0.05) is 36.4 Å². The molecule has 3 aromatic rings. The third-order valence-corrected chi connectivity index (χ3v) is 6.93. The molecule has 0 atom stereocenters. The van der Waals surface area contributed by atoms with E-state index in [9.17, 15) is 13.2 Å². The monoisotopic (exact) mass is 400 g/mol. The zero-order valence-corrected chi connectivity index (χ0v) is 16.7. The van der Waals surface area contributed by atoms with Crippen molar-refractivity contribution >= 4 is 44.2 Å². The number of nitrogens with one attached hydrogen (secondary N) is 1. The van der Waals surface area contributed by atoms with Gasteiger partial charge in [0.1, 0.15) is 0 Å². The van der Waals surface area contributed by atoms with E-state index in [0.29, 0.717) is 5.69 Å². The van der Waals surface area contributed by atoms with Crippen molar-refractivity contribution in [1.29, 1.82) is 0 Å². The lowest BCUT2D eigenvalue weighted by molar-refractivity contribution is -0.113. The molecule has 0 aliphatic heterocycles. The van der Waals surface area contributed by atoms with Crippen molar-refractivity contribution in [3.05, 3.63) is 66.7 Å². The average Bonchev–Trinajstić information content (AvgIpc) is 2.66. The minimum atomic E-state index is -3.47. The normalized spacial score (nSPS) is 11.7. The van der Waals surface area contributed by atoms with Crippen LogP contribution >= 0.6 is 11.8 Å². The van der Waals surface area contributed by atoms with Gasteiger partial charge in [-0.2, -0.15) is 0 Å². The molecule has 0 spiro atoms. The van der Waals surface area contributed by atoms with Crippen LogP contribution in [0.1, 0.15) is 0 Å². The third-order valence-electron chi connectivity index (χ3n) is 4.03.